The van der Waals surface area contributed by atoms with Crippen molar-refractivity contribution in [3.8, 4) is 0 Å². The number of rotatable bonds is 0. The topological polar surface area (TPSA) is 0 Å². The Labute approximate surface area is 83.6 Å². The molecule has 0 nitrogen and oxygen atoms in total. The van der Waals surface area contributed by atoms with Crippen LogP contribution in [0.4, 0.5) is 37.0 Å². The van der Waals surface area contributed by atoms with E-state index in [-0.39, 0.29) is 28.2 Å². The van der Waals surface area contributed by atoms with E-state index in [0.29, 0.717) is 0 Å². The Morgan fingerprint density at radius 1 is 0.867 bits per heavy atom. The van der Waals surface area contributed by atoms with Gasteiger partial charge in [-0.15, -0.1) is 19.7 Å². The van der Waals surface area contributed by atoms with Crippen LogP contribution in [0.15, 0.2) is 38.5 Å². The molecule has 0 aliphatic rings. The Kier molecular flexibility index (Phi) is 1640. The first kappa shape index (κ1) is 101. The summed E-state index contributed by atoms with van der Waals surface area (Å²) < 4.78 is 20.3. The molecule has 15 heavy (non-hydrogen) atoms. The van der Waals surface area contributed by atoms with E-state index in [4.69, 9.17) is 0 Å². The number of allylic oxidation sites excluding steroid dienone is 1. The summed E-state index contributed by atoms with van der Waals surface area (Å²) in [7, 11) is 0. The lowest BCUT2D eigenvalue weighted by molar-refractivity contribution is 0.426. The number of halogens is 8. The molecule has 0 spiro atoms. The van der Waals surface area contributed by atoms with E-state index in [0.717, 1.165) is 0 Å². The molecule has 0 atom stereocenters. The first-order valence-corrected chi connectivity index (χ1v) is 2.22. The van der Waals surface area contributed by atoms with Crippen LogP contribution in [-0.2, 0) is 0 Å². The average Bonchev–Trinajstić information content (AvgIpc) is 1.71. The van der Waals surface area contributed by atoms with E-state index < -0.39 is 6.08 Å². The molecule has 102 valence electrons. The highest BCUT2D eigenvalue weighted by molar-refractivity contribution is 4.57. The first-order valence-electron chi connectivity index (χ1n) is 2.22. The predicted molar refractivity (Wildman–Crippen MR) is 53.5 cm³/mol. The summed E-state index contributed by atoms with van der Waals surface area (Å²) in [4.78, 5) is 0. The van der Waals surface area contributed by atoms with Crippen molar-refractivity contribution in [2.24, 2.45) is 0 Å². The van der Waals surface area contributed by atoms with Crippen LogP contribution in [0.1, 0.15) is 6.92 Å². The normalized spacial score (nSPS) is 2.87. The highest BCUT2D eigenvalue weighted by Crippen LogP contribution is 1.85. The van der Waals surface area contributed by atoms with Gasteiger partial charge in [0.15, 0.2) is 0 Å². The minimum atomic E-state index is -1.83. The molecular weight excluding hydrogens is 236 g/mol. The molecule has 0 heterocycles. The highest BCUT2D eigenvalue weighted by atomic mass is 19.3. The van der Waals surface area contributed by atoms with Crippen molar-refractivity contribution in [3.05, 3.63) is 38.5 Å². The van der Waals surface area contributed by atoms with Crippen LogP contribution in [0.2, 0.25) is 0 Å². The fourth-order valence-electron chi connectivity index (χ4n) is 0. The SMILES string of the molecule is C=C.C=C(F)F.C=CC.F.F.F.F.F.F. The van der Waals surface area contributed by atoms with Crippen molar-refractivity contribution in [2.75, 3.05) is 0 Å². The van der Waals surface area contributed by atoms with Crippen molar-refractivity contribution in [2.45, 2.75) is 6.92 Å². The zero-order valence-electron chi connectivity index (χ0n) is 8.11. The smallest absolute Gasteiger partial charge is 0.263 e. The Hall–Kier alpha value is -1.34. The standard InChI is InChI=1S/C3H6.C2H2F2.C2H4.6FH/c1-3-2;1-2(3)4;1-2;;;;;;/h3H,1H2,2H3;1H2;1-2H2;6*1H. The van der Waals surface area contributed by atoms with Gasteiger partial charge in [0.25, 0.3) is 6.08 Å². The molecule has 0 radical (unpaired) electrons. The molecule has 0 rings (SSSR count). The molecule has 0 fully saturated rings. The van der Waals surface area contributed by atoms with Gasteiger partial charge >= 0.3 is 0 Å². The van der Waals surface area contributed by atoms with E-state index >= 15 is 0 Å². The summed E-state index contributed by atoms with van der Waals surface area (Å²) in [6.07, 6.45) is -0.0833. The molecule has 8 heteroatoms. The summed E-state index contributed by atoms with van der Waals surface area (Å²) in [5.74, 6) is 0. The number of hydrogen-bond acceptors (Lipinski definition) is 0. The highest BCUT2D eigenvalue weighted by Gasteiger charge is 1.65. The van der Waals surface area contributed by atoms with E-state index in [2.05, 4.69) is 26.3 Å². The monoisotopic (exact) mass is 254 g/mol. The Morgan fingerprint density at radius 2 is 0.867 bits per heavy atom. The van der Waals surface area contributed by atoms with Gasteiger partial charge in [-0.2, -0.15) is 8.78 Å². The quantitative estimate of drug-likeness (QED) is 0.446. The maximum absolute atomic E-state index is 10.1. The average molecular weight is 254 g/mol. The molecule has 0 aromatic rings. The van der Waals surface area contributed by atoms with Crippen LogP contribution in [0.25, 0.3) is 0 Å². The van der Waals surface area contributed by atoms with Crippen molar-refractivity contribution in [1.82, 2.24) is 0 Å². The first-order chi connectivity index (χ1) is 4.15. The summed E-state index contributed by atoms with van der Waals surface area (Å²) in [6, 6.07) is 0. The molecule has 0 aromatic carbocycles. The second-order valence-electron chi connectivity index (χ2n) is 0.747. The Morgan fingerprint density at radius 3 is 0.867 bits per heavy atom. The van der Waals surface area contributed by atoms with Gasteiger partial charge in [0.1, 0.15) is 0 Å². The van der Waals surface area contributed by atoms with Gasteiger partial charge in [0.05, 0.1) is 0 Å². The molecule has 0 aliphatic carbocycles. The molecule has 0 saturated carbocycles. The molecule has 0 unspecified atom stereocenters. The van der Waals surface area contributed by atoms with Crippen LogP contribution in [-0.4, -0.2) is 0 Å². The summed E-state index contributed by atoms with van der Waals surface area (Å²) in [6.45, 7) is 13.5. The zero-order chi connectivity index (χ0) is 8.28. The van der Waals surface area contributed by atoms with Gasteiger partial charge in [-0.3, -0.25) is 28.2 Å². The third-order valence-corrected chi connectivity index (χ3v) is 0. The van der Waals surface area contributed by atoms with Crippen molar-refractivity contribution in [3.63, 3.8) is 0 Å². The lowest BCUT2D eigenvalue weighted by Gasteiger charge is -1.54. The molecular formula is C7H18F8. The summed E-state index contributed by atoms with van der Waals surface area (Å²) in [5.41, 5.74) is 0. The lowest BCUT2D eigenvalue weighted by atomic mass is 10.8. The van der Waals surface area contributed by atoms with Gasteiger partial charge in [-0.25, -0.2) is 0 Å². The molecule has 0 amide bonds. The maximum atomic E-state index is 10.1. The van der Waals surface area contributed by atoms with Crippen molar-refractivity contribution >= 4 is 0 Å². The van der Waals surface area contributed by atoms with Crippen LogP contribution < -0.4 is 0 Å². The Balaban J connectivity index is -0.00000000443. The van der Waals surface area contributed by atoms with Crippen LogP contribution in [0.5, 0.6) is 0 Å². The van der Waals surface area contributed by atoms with Crippen molar-refractivity contribution in [1.29, 1.82) is 0 Å². The minimum absolute atomic E-state index is 0. The van der Waals surface area contributed by atoms with E-state index in [1.807, 2.05) is 6.92 Å². The van der Waals surface area contributed by atoms with Crippen LogP contribution in [0, 0.1) is 0 Å². The largest absolute Gasteiger partial charge is 0.269 e. The zero-order valence-corrected chi connectivity index (χ0v) is 8.11. The summed E-state index contributed by atoms with van der Waals surface area (Å²) in [5, 5.41) is 0. The van der Waals surface area contributed by atoms with E-state index in [1.165, 1.54) is 0 Å². The molecule has 0 bridgehead atoms. The Bertz CT molecular complexity index is 71.4. The number of hydrogen-bond donors (Lipinski definition) is 0. The van der Waals surface area contributed by atoms with Crippen LogP contribution in [0.3, 0.4) is 0 Å². The molecule has 0 N–H and O–H groups in total. The third-order valence-electron chi connectivity index (χ3n) is 0. The molecule has 0 aliphatic heterocycles. The predicted octanol–water partition coefficient (Wildman–Crippen LogP) is 4.31. The molecule has 0 aromatic heterocycles. The van der Waals surface area contributed by atoms with Gasteiger partial charge in [0, 0.05) is 0 Å². The van der Waals surface area contributed by atoms with E-state index in [1.54, 1.807) is 6.08 Å². The summed E-state index contributed by atoms with van der Waals surface area (Å²) >= 11 is 0. The molecule has 0 saturated heterocycles. The van der Waals surface area contributed by atoms with E-state index in [9.17, 15) is 8.78 Å². The van der Waals surface area contributed by atoms with Gasteiger partial charge in [-0.05, 0) is 13.5 Å². The minimum Gasteiger partial charge on any atom is -0.269 e. The fraction of sp³-hybridized carbons (Fsp3) is 0.143. The second kappa shape index (κ2) is 243. The third kappa shape index (κ3) is 801. The van der Waals surface area contributed by atoms with Crippen LogP contribution >= 0.6 is 0 Å². The maximum Gasteiger partial charge on any atom is 0.263 e. The van der Waals surface area contributed by atoms with Gasteiger partial charge in [-0.1, -0.05) is 6.08 Å². The fourth-order valence-corrected chi connectivity index (χ4v) is 0. The van der Waals surface area contributed by atoms with Gasteiger partial charge in [0.2, 0.25) is 0 Å². The lowest BCUT2D eigenvalue weighted by Crippen LogP contribution is -1.33. The van der Waals surface area contributed by atoms with Crippen molar-refractivity contribution < 1.29 is 37.0 Å². The second-order valence-corrected chi connectivity index (χ2v) is 0.747. The van der Waals surface area contributed by atoms with Gasteiger partial charge < -0.3 is 0 Å².